The number of nitrogens with zero attached hydrogens (tertiary/aromatic N) is 1. The predicted octanol–water partition coefficient (Wildman–Crippen LogP) is 8.67. The lowest BCUT2D eigenvalue weighted by Crippen LogP contribution is -2.21. The van der Waals surface area contributed by atoms with E-state index >= 15 is 8.78 Å². The van der Waals surface area contributed by atoms with Crippen LogP contribution in [0.25, 0.3) is 10.1 Å². The zero-order valence-corrected chi connectivity index (χ0v) is 25.7. The van der Waals surface area contributed by atoms with Crippen molar-refractivity contribution in [2.24, 2.45) is 5.41 Å². The van der Waals surface area contributed by atoms with Crippen LogP contribution in [0.1, 0.15) is 36.0 Å². The number of non-ortho nitro benzene ring substituents is 1. The first-order valence-electron chi connectivity index (χ1n) is 12.7. The van der Waals surface area contributed by atoms with Gasteiger partial charge in [-0.15, -0.1) is 11.3 Å². The van der Waals surface area contributed by atoms with Gasteiger partial charge in [0.1, 0.15) is 16.4 Å². The van der Waals surface area contributed by atoms with Gasteiger partial charge in [0.25, 0.3) is 5.69 Å². The summed E-state index contributed by atoms with van der Waals surface area (Å²) in [5, 5.41) is 10.9. The van der Waals surface area contributed by atoms with Gasteiger partial charge < -0.3 is 9.26 Å². The third kappa shape index (κ3) is 7.66. The predicted molar refractivity (Wildman–Crippen MR) is 161 cm³/mol. The first kappa shape index (κ1) is 32.3. The summed E-state index contributed by atoms with van der Waals surface area (Å²) in [7, 11) is -5.21. The Bertz CT molecular complexity index is 1690. The van der Waals surface area contributed by atoms with E-state index in [1.807, 2.05) is 0 Å². The summed E-state index contributed by atoms with van der Waals surface area (Å²) < 4.78 is 62.1. The monoisotopic (exact) mass is 649 g/mol. The molecule has 1 aromatic heterocycles. The summed E-state index contributed by atoms with van der Waals surface area (Å²) in [4.78, 5) is 35.2. The van der Waals surface area contributed by atoms with Gasteiger partial charge in [0, 0.05) is 33.6 Å². The van der Waals surface area contributed by atoms with Crippen LogP contribution in [0.4, 0.5) is 14.5 Å². The number of thiophene rings is 1. The molecule has 1 heterocycles. The number of rotatable bonds is 11. The number of nitro benzene ring substituents is 1. The van der Waals surface area contributed by atoms with Gasteiger partial charge in [0.15, 0.2) is 5.12 Å². The van der Waals surface area contributed by atoms with E-state index in [9.17, 15) is 24.3 Å². The van der Waals surface area contributed by atoms with Gasteiger partial charge in [0.2, 0.25) is 0 Å². The van der Waals surface area contributed by atoms with Gasteiger partial charge in [0.05, 0.1) is 11.5 Å². The number of hydrogen-bond donors (Lipinski definition) is 0. The van der Waals surface area contributed by atoms with Gasteiger partial charge in [-0.1, -0.05) is 56.8 Å². The average Bonchev–Trinajstić information content (AvgIpc) is 3.39. The maximum Gasteiger partial charge on any atom is 0.453 e. The molecule has 0 saturated carbocycles. The zero-order chi connectivity index (χ0) is 31.4. The number of ether oxygens (including phenoxy) is 1. The molecule has 0 aliphatic rings. The number of carbonyl (C=O) groups excluding carboxylic acids is 2. The first-order chi connectivity index (χ1) is 20.2. The lowest BCUT2D eigenvalue weighted by Gasteiger charge is -2.27. The molecule has 0 amide bonds. The molecule has 0 aliphatic heterocycles. The number of nitro groups is 1. The van der Waals surface area contributed by atoms with E-state index in [-0.39, 0.29) is 38.3 Å². The molecule has 3 aromatic carbocycles. The maximum absolute atomic E-state index is 16.0. The van der Waals surface area contributed by atoms with Crippen molar-refractivity contribution < 1.29 is 41.6 Å². The molecule has 9 nitrogen and oxygen atoms in total. The van der Waals surface area contributed by atoms with E-state index in [1.54, 1.807) is 26.8 Å². The van der Waals surface area contributed by atoms with Crippen molar-refractivity contribution in [3.05, 3.63) is 99.4 Å². The molecule has 226 valence electrons. The molecule has 0 fully saturated rings. The van der Waals surface area contributed by atoms with Crippen molar-refractivity contribution >= 4 is 57.6 Å². The Labute approximate surface area is 253 Å². The number of carbonyl (C=O) groups is 2. The highest BCUT2D eigenvalue weighted by Crippen LogP contribution is 2.66. The van der Waals surface area contributed by atoms with E-state index in [0.717, 1.165) is 35.2 Å². The number of para-hydroxylation sites is 1. The van der Waals surface area contributed by atoms with Crippen LogP contribution in [0.5, 0.6) is 11.5 Å². The van der Waals surface area contributed by atoms with E-state index in [0.29, 0.717) is 4.70 Å². The fraction of sp³-hybridized carbons (Fsp3) is 0.241. The van der Waals surface area contributed by atoms with Crippen LogP contribution >= 0.6 is 30.7 Å². The Morgan fingerprint density at radius 1 is 0.977 bits per heavy atom. The van der Waals surface area contributed by atoms with E-state index in [4.69, 9.17) is 13.8 Å². The highest BCUT2D eigenvalue weighted by atomic mass is 32.2. The molecular weight excluding hydrogens is 623 g/mol. The molecule has 4 aromatic rings. The molecule has 43 heavy (non-hydrogen) atoms. The number of halogens is 2. The summed E-state index contributed by atoms with van der Waals surface area (Å²) in [5.74, 6) is -0.819. The lowest BCUT2D eigenvalue weighted by molar-refractivity contribution is -0.384. The molecule has 0 spiro atoms. The van der Waals surface area contributed by atoms with Crippen LogP contribution < -0.4 is 9.26 Å². The van der Waals surface area contributed by atoms with E-state index in [2.05, 4.69) is 0 Å². The Balaban J connectivity index is 1.57. The summed E-state index contributed by atoms with van der Waals surface area (Å²) in [6.45, 7) is 4.73. The minimum Gasteiger partial charge on any atom is -0.422 e. The molecule has 0 radical (unpaired) electrons. The second-order valence-electron chi connectivity index (χ2n) is 10.2. The maximum atomic E-state index is 16.0. The Morgan fingerprint density at radius 2 is 1.65 bits per heavy atom. The number of hydrogen-bond acceptors (Lipinski definition) is 10. The van der Waals surface area contributed by atoms with Crippen LogP contribution in [0.3, 0.4) is 0 Å². The Kier molecular flexibility index (Phi) is 9.70. The number of esters is 1. The Morgan fingerprint density at radius 3 is 2.28 bits per heavy atom. The third-order valence-electron chi connectivity index (χ3n) is 5.83. The summed E-state index contributed by atoms with van der Waals surface area (Å²) >= 11 is 1.88. The van der Waals surface area contributed by atoms with Gasteiger partial charge in [-0.3, -0.25) is 19.4 Å². The summed E-state index contributed by atoms with van der Waals surface area (Å²) in [6.07, 6.45) is 0. The van der Waals surface area contributed by atoms with Gasteiger partial charge >= 0.3 is 19.2 Å². The smallest absolute Gasteiger partial charge is 0.422 e. The van der Waals surface area contributed by atoms with Crippen molar-refractivity contribution in [1.29, 1.82) is 0 Å². The molecule has 0 saturated heterocycles. The van der Waals surface area contributed by atoms with Gasteiger partial charge in [-0.05, 0) is 47.9 Å². The van der Waals surface area contributed by atoms with Gasteiger partial charge in [-0.25, -0.2) is 9.36 Å². The van der Waals surface area contributed by atoms with Gasteiger partial charge in [-0.2, -0.15) is 8.78 Å². The molecular formula is C29H26F2NO8PS2. The van der Waals surface area contributed by atoms with Crippen LogP contribution in [0, 0.1) is 15.5 Å². The van der Waals surface area contributed by atoms with E-state index in [1.165, 1.54) is 60.7 Å². The molecule has 4 rings (SSSR count). The first-order valence-corrected chi connectivity index (χ1v) is 16.1. The molecule has 0 bridgehead atoms. The summed E-state index contributed by atoms with van der Waals surface area (Å²) in [6, 6.07) is 17.2. The van der Waals surface area contributed by atoms with E-state index < -0.39 is 41.7 Å². The summed E-state index contributed by atoms with van der Waals surface area (Å²) in [5.41, 5.74) is -5.60. The van der Waals surface area contributed by atoms with Crippen molar-refractivity contribution in [3.63, 3.8) is 0 Å². The molecule has 0 aliphatic carbocycles. The van der Waals surface area contributed by atoms with Crippen LogP contribution in [0.15, 0.2) is 78.9 Å². The Hall–Kier alpha value is -3.64. The highest BCUT2D eigenvalue weighted by molar-refractivity contribution is 8.13. The lowest BCUT2D eigenvalue weighted by atomic mass is 10.00. The zero-order valence-electron chi connectivity index (χ0n) is 23.2. The average molecular weight is 650 g/mol. The second-order valence-corrected chi connectivity index (χ2v) is 14.3. The minimum atomic E-state index is -5.21. The molecule has 14 heteroatoms. The minimum absolute atomic E-state index is 0.0158. The van der Waals surface area contributed by atoms with Crippen LogP contribution in [0.2, 0.25) is 0 Å². The van der Waals surface area contributed by atoms with Crippen LogP contribution in [-0.4, -0.2) is 28.4 Å². The quantitative estimate of drug-likeness (QED) is 0.0392. The van der Waals surface area contributed by atoms with Crippen molar-refractivity contribution in [3.8, 4) is 11.5 Å². The van der Waals surface area contributed by atoms with Crippen molar-refractivity contribution in [2.45, 2.75) is 26.4 Å². The SMILES string of the molecule is CC(C)(C)C(=O)SCCOP(=O)(Oc1ccccc1)C(F)(F)c1ccc2sc(C(=O)Oc3ccc([N+](=O)[O-])cc3)cc2c1. The largest absolute Gasteiger partial charge is 0.453 e. The third-order valence-corrected chi connectivity index (χ3v) is 10.1. The standard InChI is InChI=1S/C29H26F2NO8PS2/c1-28(2,3)27(34)42-16-15-38-41(37,40-23-7-5-4-6-8-23)29(30,31)20-9-14-24-19(17-20)18-25(43-24)26(33)39-22-12-10-21(11-13-22)32(35)36/h4-14,17-18H,15-16H2,1-3H3. The topological polar surface area (TPSA) is 122 Å². The van der Waals surface area contributed by atoms with Crippen LogP contribution in [-0.2, 0) is 19.5 Å². The normalized spacial score (nSPS) is 13.3. The fourth-order valence-corrected chi connectivity index (χ4v) is 6.92. The number of thioether (sulfide) groups is 1. The van der Waals surface area contributed by atoms with Crippen molar-refractivity contribution in [1.82, 2.24) is 0 Å². The molecule has 0 N–H and O–H groups in total. The molecule has 1 unspecified atom stereocenters. The molecule has 1 atom stereocenters. The highest BCUT2D eigenvalue weighted by Gasteiger charge is 2.56. The second kappa shape index (κ2) is 12.9. The number of benzene rings is 3. The number of alkyl halides is 2. The number of fused-ring (bicyclic) bond motifs is 1. The van der Waals surface area contributed by atoms with Crippen molar-refractivity contribution in [2.75, 3.05) is 12.4 Å². The fourth-order valence-electron chi connectivity index (χ4n) is 3.58.